The average molecular weight is 457 g/mol. The van der Waals surface area contributed by atoms with E-state index in [2.05, 4.69) is 52.5 Å². The Kier molecular flexibility index (Phi) is 6.50. The summed E-state index contributed by atoms with van der Waals surface area (Å²) in [4.78, 5) is 22.0. The maximum absolute atomic E-state index is 13.1. The van der Waals surface area contributed by atoms with Crippen LogP contribution < -0.4 is 10.1 Å². The molecule has 34 heavy (non-hydrogen) atoms. The van der Waals surface area contributed by atoms with Crippen molar-refractivity contribution in [2.75, 3.05) is 32.1 Å². The van der Waals surface area contributed by atoms with Gasteiger partial charge in [-0.25, -0.2) is 4.79 Å². The molecule has 0 aliphatic carbocycles. The first kappa shape index (κ1) is 22.4. The molecule has 0 bridgehead atoms. The van der Waals surface area contributed by atoms with E-state index < -0.39 is 0 Å². The van der Waals surface area contributed by atoms with E-state index in [1.54, 1.807) is 13.3 Å². The summed E-state index contributed by atoms with van der Waals surface area (Å²) in [7, 11) is 1.64. The van der Waals surface area contributed by atoms with Crippen LogP contribution in [0, 0.1) is 0 Å². The van der Waals surface area contributed by atoms with Gasteiger partial charge < -0.3 is 15.0 Å². The van der Waals surface area contributed by atoms with Gasteiger partial charge in [0.1, 0.15) is 5.75 Å². The molecule has 0 saturated carbocycles. The van der Waals surface area contributed by atoms with Gasteiger partial charge in [0, 0.05) is 49.2 Å². The number of ether oxygens (including phenoxy) is 1. The molecular weight excluding hydrogens is 424 g/mol. The van der Waals surface area contributed by atoms with Crippen LogP contribution in [-0.2, 0) is 0 Å². The number of aromatic nitrogens is 1. The second kappa shape index (κ2) is 9.85. The summed E-state index contributed by atoms with van der Waals surface area (Å²) in [6.45, 7) is 4.94. The summed E-state index contributed by atoms with van der Waals surface area (Å²) in [5, 5.41) is 3.07. The van der Waals surface area contributed by atoms with Crippen molar-refractivity contribution >= 4 is 11.7 Å². The van der Waals surface area contributed by atoms with Crippen LogP contribution in [0.15, 0.2) is 73.1 Å². The van der Waals surface area contributed by atoms with Crippen molar-refractivity contribution in [1.82, 2.24) is 14.8 Å². The Hall–Kier alpha value is -3.38. The average Bonchev–Trinajstić information content (AvgIpc) is 2.87. The lowest BCUT2D eigenvalue weighted by molar-refractivity contribution is -0.0259. The fourth-order valence-corrected chi connectivity index (χ4v) is 5.43. The van der Waals surface area contributed by atoms with E-state index in [4.69, 9.17) is 4.74 Å². The number of benzene rings is 2. The van der Waals surface area contributed by atoms with Crippen molar-refractivity contribution in [3.05, 3.63) is 78.6 Å². The molecule has 1 aromatic heterocycles. The van der Waals surface area contributed by atoms with Crippen LogP contribution in [0.5, 0.6) is 5.75 Å². The molecule has 0 spiro atoms. The summed E-state index contributed by atoms with van der Waals surface area (Å²) in [5.74, 6) is 1.19. The number of hydrogen-bond acceptors (Lipinski definition) is 4. The maximum atomic E-state index is 13.1. The first-order chi connectivity index (χ1) is 16.6. The van der Waals surface area contributed by atoms with Gasteiger partial charge in [-0.3, -0.25) is 9.88 Å². The van der Waals surface area contributed by atoms with E-state index in [0.717, 1.165) is 49.5 Å². The lowest BCUT2D eigenvalue weighted by Gasteiger charge is -2.56. The van der Waals surface area contributed by atoms with Crippen molar-refractivity contribution in [1.29, 1.82) is 0 Å². The van der Waals surface area contributed by atoms with E-state index >= 15 is 0 Å². The molecule has 2 fully saturated rings. The first-order valence-electron chi connectivity index (χ1n) is 12.1. The van der Waals surface area contributed by atoms with Crippen LogP contribution >= 0.6 is 0 Å². The summed E-state index contributed by atoms with van der Waals surface area (Å²) in [5.41, 5.74) is 4.44. The van der Waals surface area contributed by atoms with Gasteiger partial charge in [0.15, 0.2) is 0 Å². The highest BCUT2D eigenvalue weighted by Crippen LogP contribution is 2.42. The van der Waals surface area contributed by atoms with Crippen molar-refractivity contribution in [3.8, 4) is 16.9 Å². The number of methoxy groups -OCH3 is 1. The fourth-order valence-electron chi connectivity index (χ4n) is 5.43. The van der Waals surface area contributed by atoms with Crippen LogP contribution in [0.1, 0.15) is 31.2 Å². The summed E-state index contributed by atoms with van der Waals surface area (Å²) < 4.78 is 5.22. The van der Waals surface area contributed by atoms with E-state index in [1.807, 2.05) is 41.4 Å². The predicted molar refractivity (Wildman–Crippen MR) is 135 cm³/mol. The minimum absolute atomic E-state index is 0.0303. The number of anilines is 1. The molecule has 0 unspecified atom stereocenters. The highest BCUT2D eigenvalue weighted by Gasteiger charge is 2.47. The Bertz CT molecular complexity index is 1100. The number of amides is 2. The van der Waals surface area contributed by atoms with E-state index in [1.165, 1.54) is 11.1 Å². The summed E-state index contributed by atoms with van der Waals surface area (Å²) in [6.07, 6.45) is 5.83. The predicted octanol–water partition coefficient (Wildman–Crippen LogP) is 5.24. The lowest BCUT2D eigenvalue weighted by Crippen LogP contribution is -2.66. The second-order valence-corrected chi connectivity index (χ2v) is 9.25. The fraction of sp³-hybridized carbons (Fsp3) is 0.357. The number of fused-ring (bicyclic) bond motifs is 1. The number of carbonyl (C=O) groups is 1. The van der Waals surface area contributed by atoms with Gasteiger partial charge >= 0.3 is 6.03 Å². The van der Waals surface area contributed by atoms with Gasteiger partial charge in [0.05, 0.1) is 7.11 Å². The smallest absolute Gasteiger partial charge is 0.321 e. The standard InChI is InChI=1S/C28H32N4O2/c1-20-27(22-9-7-21(8-10-22)23-6-5-15-29-18-23)26-19-31(16-3-4-17-32(20)26)28(33)30-24-11-13-25(34-2)14-12-24/h5-15,18,20,26-27H,3-4,16-17,19H2,1-2H3,(H,30,33)/t20-,26+,27-/m1/s1. The number of hydrogen-bond donors (Lipinski definition) is 1. The van der Waals surface area contributed by atoms with Gasteiger partial charge in [0.25, 0.3) is 0 Å². The van der Waals surface area contributed by atoms with Gasteiger partial charge in [-0.2, -0.15) is 0 Å². The van der Waals surface area contributed by atoms with Crippen LogP contribution in [0.25, 0.3) is 11.1 Å². The number of rotatable bonds is 4. The zero-order valence-corrected chi connectivity index (χ0v) is 19.9. The molecule has 2 aliphatic heterocycles. The molecular formula is C28H32N4O2. The van der Waals surface area contributed by atoms with Crippen molar-refractivity contribution in [2.24, 2.45) is 0 Å². The van der Waals surface area contributed by atoms with Crippen molar-refractivity contribution in [3.63, 3.8) is 0 Å². The Labute approximate surface area is 201 Å². The van der Waals surface area contributed by atoms with Crippen LogP contribution in [-0.4, -0.2) is 59.6 Å². The molecule has 1 N–H and O–H groups in total. The van der Waals surface area contributed by atoms with Crippen molar-refractivity contribution in [2.45, 2.75) is 37.8 Å². The topological polar surface area (TPSA) is 57.7 Å². The highest BCUT2D eigenvalue weighted by molar-refractivity contribution is 5.89. The second-order valence-electron chi connectivity index (χ2n) is 9.25. The molecule has 6 heteroatoms. The van der Waals surface area contributed by atoms with E-state index in [0.29, 0.717) is 18.0 Å². The Balaban J connectivity index is 1.30. The number of urea groups is 1. The molecule has 3 aromatic rings. The minimum Gasteiger partial charge on any atom is -0.497 e. The lowest BCUT2D eigenvalue weighted by atomic mass is 9.74. The molecule has 3 heterocycles. The van der Waals surface area contributed by atoms with Gasteiger partial charge in [-0.15, -0.1) is 0 Å². The minimum atomic E-state index is -0.0303. The molecule has 2 amide bonds. The summed E-state index contributed by atoms with van der Waals surface area (Å²) in [6, 6.07) is 21.2. The molecule has 2 aromatic carbocycles. The summed E-state index contributed by atoms with van der Waals surface area (Å²) >= 11 is 0. The van der Waals surface area contributed by atoms with E-state index in [-0.39, 0.29) is 6.03 Å². The molecule has 3 atom stereocenters. The Morgan fingerprint density at radius 2 is 1.76 bits per heavy atom. The molecule has 6 nitrogen and oxygen atoms in total. The number of nitrogens with one attached hydrogen (secondary N) is 1. The highest BCUT2D eigenvalue weighted by atomic mass is 16.5. The van der Waals surface area contributed by atoms with Crippen molar-refractivity contribution < 1.29 is 9.53 Å². The van der Waals surface area contributed by atoms with Crippen LogP contribution in [0.4, 0.5) is 10.5 Å². The SMILES string of the molecule is COc1ccc(NC(=O)N2CCCCN3[C@H](C)[C@H](c4ccc(-c5cccnc5)cc4)[C@@H]3C2)cc1. The van der Waals surface area contributed by atoms with Crippen LogP contribution in [0.2, 0.25) is 0 Å². The van der Waals surface area contributed by atoms with Gasteiger partial charge in [-0.1, -0.05) is 30.3 Å². The molecule has 2 aliphatic rings. The number of nitrogens with zero attached hydrogens (tertiary/aromatic N) is 3. The maximum Gasteiger partial charge on any atom is 0.321 e. The first-order valence-corrected chi connectivity index (χ1v) is 12.1. The number of pyridine rings is 1. The third-order valence-corrected chi connectivity index (χ3v) is 7.30. The normalized spacial score (nSPS) is 22.6. The third kappa shape index (κ3) is 4.50. The van der Waals surface area contributed by atoms with Crippen LogP contribution in [0.3, 0.4) is 0 Å². The third-order valence-electron chi connectivity index (χ3n) is 7.30. The van der Waals surface area contributed by atoms with E-state index in [9.17, 15) is 4.79 Å². The zero-order chi connectivity index (χ0) is 23.5. The Morgan fingerprint density at radius 3 is 2.47 bits per heavy atom. The number of carbonyl (C=O) groups excluding carboxylic acids is 1. The zero-order valence-electron chi connectivity index (χ0n) is 19.9. The molecule has 0 radical (unpaired) electrons. The molecule has 2 saturated heterocycles. The van der Waals surface area contributed by atoms with Gasteiger partial charge in [0.2, 0.25) is 0 Å². The monoisotopic (exact) mass is 456 g/mol. The van der Waals surface area contributed by atoms with Gasteiger partial charge in [-0.05, 0) is 73.3 Å². The largest absolute Gasteiger partial charge is 0.497 e. The molecule has 5 rings (SSSR count). The Morgan fingerprint density at radius 1 is 1.00 bits per heavy atom. The quantitative estimate of drug-likeness (QED) is 0.583. The molecule has 176 valence electrons.